The lowest BCUT2D eigenvalue weighted by atomic mass is 10.1. The summed E-state index contributed by atoms with van der Waals surface area (Å²) >= 11 is 0. The molecule has 0 bridgehead atoms. The third-order valence-corrected chi connectivity index (χ3v) is 3.02. The molecule has 0 saturated heterocycles. The molecule has 4 nitrogen and oxygen atoms in total. The summed E-state index contributed by atoms with van der Waals surface area (Å²) in [5, 5.41) is 0. The molecule has 0 unspecified atom stereocenters. The van der Waals surface area contributed by atoms with Crippen molar-refractivity contribution in [2.45, 2.75) is 59.3 Å². The zero-order valence-electron chi connectivity index (χ0n) is 12.1. The van der Waals surface area contributed by atoms with Crippen LogP contribution < -0.4 is 0 Å². The van der Waals surface area contributed by atoms with Crippen LogP contribution in [0.3, 0.4) is 0 Å². The SMILES string of the molecule is CC(C)c1cn2c(C(C)C)nc(C(C)C)nc2n1. The Labute approximate surface area is 108 Å². The van der Waals surface area contributed by atoms with Crippen molar-refractivity contribution in [1.29, 1.82) is 0 Å². The zero-order valence-corrected chi connectivity index (χ0v) is 12.1. The molecule has 0 atom stereocenters. The summed E-state index contributed by atoms with van der Waals surface area (Å²) in [6.45, 7) is 12.8. The molecule has 0 aromatic carbocycles. The van der Waals surface area contributed by atoms with Crippen LogP contribution in [0, 0.1) is 0 Å². The third-order valence-electron chi connectivity index (χ3n) is 3.02. The van der Waals surface area contributed by atoms with Crippen molar-refractivity contribution in [3.05, 3.63) is 23.5 Å². The number of hydrogen-bond donors (Lipinski definition) is 0. The van der Waals surface area contributed by atoms with E-state index in [2.05, 4.69) is 62.7 Å². The van der Waals surface area contributed by atoms with E-state index in [0.29, 0.717) is 17.8 Å². The smallest absolute Gasteiger partial charge is 0.237 e. The second-order valence-corrected chi connectivity index (χ2v) is 5.74. The highest BCUT2D eigenvalue weighted by atomic mass is 15.2. The van der Waals surface area contributed by atoms with Crippen LogP contribution in [-0.2, 0) is 0 Å². The second kappa shape index (κ2) is 4.67. The van der Waals surface area contributed by atoms with Gasteiger partial charge in [0.1, 0.15) is 11.6 Å². The van der Waals surface area contributed by atoms with Gasteiger partial charge in [-0.25, -0.2) is 9.97 Å². The molecule has 0 aliphatic heterocycles. The Hall–Kier alpha value is -1.45. The minimum atomic E-state index is 0.326. The molecule has 0 amide bonds. The first-order chi connectivity index (χ1) is 8.40. The molecule has 4 heteroatoms. The van der Waals surface area contributed by atoms with Gasteiger partial charge in [-0.2, -0.15) is 4.98 Å². The first-order valence-corrected chi connectivity index (χ1v) is 6.67. The Morgan fingerprint density at radius 1 is 0.833 bits per heavy atom. The lowest BCUT2D eigenvalue weighted by Crippen LogP contribution is -2.09. The zero-order chi connectivity index (χ0) is 13.4. The quantitative estimate of drug-likeness (QED) is 0.832. The largest absolute Gasteiger partial charge is 0.271 e. The number of aromatic nitrogens is 4. The van der Waals surface area contributed by atoms with Gasteiger partial charge in [0.05, 0.1) is 5.69 Å². The van der Waals surface area contributed by atoms with Crippen LogP contribution in [0.25, 0.3) is 5.78 Å². The number of fused-ring (bicyclic) bond motifs is 1. The molecule has 0 saturated carbocycles. The lowest BCUT2D eigenvalue weighted by molar-refractivity contribution is 0.685. The van der Waals surface area contributed by atoms with E-state index in [4.69, 9.17) is 0 Å². The van der Waals surface area contributed by atoms with Gasteiger partial charge in [-0.3, -0.25) is 4.40 Å². The monoisotopic (exact) mass is 246 g/mol. The molecule has 0 aliphatic rings. The highest BCUT2D eigenvalue weighted by Gasteiger charge is 2.15. The van der Waals surface area contributed by atoms with Crippen molar-refractivity contribution in [3.8, 4) is 0 Å². The van der Waals surface area contributed by atoms with Crippen LogP contribution in [0.1, 0.15) is 76.6 Å². The summed E-state index contributed by atoms with van der Waals surface area (Å²) in [6, 6.07) is 0. The maximum absolute atomic E-state index is 4.68. The second-order valence-electron chi connectivity index (χ2n) is 5.74. The fourth-order valence-electron chi connectivity index (χ4n) is 1.88. The molecule has 2 rings (SSSR count). The van der Waals surface area contributed by atoms with Crippen LogP contribution in [-0.4, -0.2) is 19.4 Å². The Bertz CT molecular complexity index is 552. The molecule has 2 aromatic heterocycles. The number of rotatable bonds is 3. The van der Waals surface area contributed by atoms with Crippen LogP contribution >= 0.6 is 0 Å². The fraction of sp³-hybridized carbons (Fsp3) is 0.643. The summed E-state index contributed by atoms with van der Waals surface area (Å²) in [4.78, 5) is 13.9. The van der Waals surface area contributed by atoms with Crippen molar-refractivity contribution >= 4 is 5.78 Å². The van der Waals surface area contributed by atoms with E-state index in [1.54, 1.807) is 0 Å². The fourth-order valence-corrected chi connectivity index (χ4v) is 1.88. The molecule has 0 N–H and O–H groups in total. The number of nitrogens with zero attached hydrogens (tertiary/aromatic N) is 4. The normalized spacial score (nSPS) is 12.3. The van der Waals surface area contributed by atoms with Crippen molar-refractivity contribution in [3.63, 3.8) is 0 Å². The molecule has 0 aliphatic carbocycles. The van der Waals surface area contributed by atoms with Crippen molar-refractivity contribution in [2.75, 3.05) is 0 Å². The van der Waals surface area contributed by atoms with E-state index < -0.39 is 0 Å². The lowest BCUT2D eigenvalue weighted by Gasteiger charge is -2.11. The minimum absolute atomic E-state index is 0.326. The Morgan fingerprint density at radius 3 is 2.00 bits per heavy atom. The standard InChI is InChI=1S/C14H22N4/c1-8(2)11-7-18-13(10(5)6)16-12(9(3)4)17-14(18)15-11/h7-10H,1-6H3. The van der Waals surface area contributed by atoms with E-state index in [-0.39, 0.29) is 0 Å². The number of hydrogen-bond acceptors (Lipinski definition) is 3. The molecule has 98 valence electrons. The molecule has 2 aromatic rings. The molecule has 0 fully saturated rings. The molecular formula is C14H22N4. The van der Waals surface area contributed by atoms with Crippen molar-refractivity contribution in [1.82, 2.24) is 19.4 Å². The van der Waals surface area contributed by atoms with Gasteiger partial charge >= 0.3 is 0 Å². The Morgan fingerprint density at radius 2 is 1.50 bits per heavy atom. The third kappa shape index (κ3) is 2.24. The van der Waals surface area contributed by atoms with Gasteiger partial charge in [0.15, 0.2) is 0 Å². The summed E-state index contributed by atoms with van der Waals surface area (Å²) in [7, 11) is 0. The van der Waals surface area contributed by atoms with Crippen LogP contribution in [0.5, 0.6) is 0 Å². The van der Waals surface area contributed by atoms with Crippen molar-refractivity contribution in [2.24, 2.45) is 0 Å². The highest BCUT2D eigenvalue weighted by molar-refractivity contribution is 5.34. The average molecular weight is 246 g/mol. The van der Waals surface area contributed by atoms with Crippen LogP contribution in [0.2, 0.25) is 0 Å². The van der Waals surface area contributed by atoms with E-state index in [1.165, 1.54) is 0 Å². The number of imidazole rings is 1. The van der Waals surface area contributed by atoms with Gasteiger partial charge in [0, 0.05) is 18.0 Å². The first kappa shape index (κ1) is 13.0. The van der Waals surface area contributed by atoms with E-state index in [9.17, 15) is 0 Å². The topological polar surface area (TPSA) is 43.1 Å². The van der Waals surface area contributed by atoms with E-state index in [0.717, 1.165) is 23.1 Å². The molecule has 2 heterocycles. The first-order valence-electron chi connectivity index (χ1n) is 6.67. The molecular weight excluding hydrogens is 224 g/mol. The minimum Gasteiger partial charge on any atom is -0.271 e. The van der Waals surface area contributed by atoms with E-state index >= 15 is 0 Å². The maximum Gasteiger partial charge on any atom is 0.237 e. The van der Waals surface area contributed by atoms with Crippen LogP contribution in [0.4, 0.5) is 0 Å². The van der Waals surface area contributed by atoms with Crippen molar-refractivity contribution < 1.29 is 0 Å². The molecule has 0 radical (unpaired) electrons. The Kier molecular flexibility index (Phi) is 3.37. The Balaban J connectivity index is 2.69. The summed E-state index contributed by atoms with van der Waals surface area (Å²) < 4.78 is 2.03. The van der Waals surface area contributed by atoms with Gasteiger partial charge < -0.3 is 0 Å². The van der Waals surface area contributed by atoms with Gasteiger partial charge in [-0.1, -0.05) is 41.5 Å². The van der Waals surface area contributed by atoms with Crippen LogP contribution in [0.15, 0.2) is 6.20 Å². The summed E-state index contributed by atoms with van der Waals surface area (Å²) in [5.74, 6) is 3.81. The van der Waals surface area contributed by atoms with E-state index in [1.807, 2.05) is 4.40 Å². The predicted molar refractivity (Wildman–Crippen MR) is 73.0 cm³/mol. The molecule has 0 spiro atoms. The molecule has 18 heavy (non-hydrogen) atoms. The predicted octanol–water partition coefficient (Wildman–Crippen LogP) is 3.49. The highest BCUT2D eigenvalue weighted by Crippen LogP contribution is 2.20. The van der Waals surface area contributed by atoms with Gasteiger partial charge in [-0.05, 0) is 5.92 Å². The van der Waals surface area contributed by atoms with Gasteiger partial charge in [0.2, 0.25) is 5.78 Å². The van der Waals surface area contributed by atoms with Gasteiger partial charge in [-0.15, -0.1) is 0 Å². The van der Waals surface area contributed by atoms with Gasteiger partial charge in [0.25, 0.3) is 0 Å². The maximum atomic E-state index is 4.68. The average Bonchev–Trinajstić information content (AvgIpc) is 2.70. The summed E-state index contributed by atoms with van der Waals surface area (Å²) in [6.07, 6.45) is 2.07. The summed E-state index contributed by atoms with van der Waals surface area (Å²) in [5.41, 5.74) is 1.08.